The van der Waals surface area contributed by atoms with Gasteiger partial charge in [0.05, 0.1) is 0 Å². The van der Waals surface area contributed by atoms with Crippen molar-refractivity contribution in [2.75, 3.05) is 6.54 Å². The summed E-state index contributed by atoms with van der Waals surface area (Å²) in [4.78, 5) is 0. The van der Waals surface area contributed by atoms with E-state index in [1.807, 2.05) is 6.92 Å². The molecular formula is C14H14F5N. The first kappa shape index (κ1) is 16.4. The van der Waals surface area contributed by atoms with Crippen LogP contribution in [-0.4, -0.2) is 6.54 Å². The third-order valence-corrected chi connectivity index (χ3v) is 2.81. The van der Waals surface area contributed by atoms with Crippen molar-refractivity contribution in [2.45, 2.75) is 32.2 Å². The lowest BCUT2D eigenvalue weighted by Gasteiger charge is -2.20. The molecule has 1 N–H and O–H groups in total. The Labute approximate surface area is 114 Å². The molecule has 1 rings (SSSR count). The van der Waals surface area contributed by atoms with E-state index in [2.05, 4.69) is 11.2 Å². The number of halogens is 5. The summed E-state index contributed by atoms with van der Waals surface area (Å²) in [7, 11) is 0. The lowest BCUT2D eigenvalue weighted by atomic mass is 9.99. The quantitative estimate of drug-likeness (QED) is 0.363. The van der Waals surface area contributed by atoms with Gasteiger partial charge >= 0.3 is 0 Å². The monoisotopic (exact) mass is 291 g/mol. The summed E-state index contributed by atoms with van der Waals surface area (Å²) >= 11 is 0. The molecule has 1 unspecified atom stereocenters. The van der Waals surface area contributed by atoms with E-state index in [-0.39, 0.29) is 12.8 Å². The summed E-state index contributed by atoms with van der Waals surface area (Å²) in [6.07, 6.45) is 5.94. The minimum Gasteiger partial charge on any atom is -0.310 e. The van der Waals surface area contributed by atoms with E-state index < -0.39 is 40.7 Å². The molecule has 110 valence electrons. The van der Waals surface area contributed by atoms with Crippen molar-refractivity contribution in [2.24, 2.45) is 0 Å². The maximum Gasteiger partial charge on any atom is 0.200 e. The second-order valence-corrected chi connectivity index (χ2v) is 4.23. The summed E-state index contributed by atoms with van der Waals surface area (Å²) in [6, 6.07) is -1.02. The van der Waals surface area contributed by atoms with Gasteiger partial charge in [0.2, 0.25) is 5.82 Å². The average Bonchev–Trinajstić information content (AvgIpc) is 2.45. The maximum absolute atomic E-state index is 13.7. The summed E-state index contributed by atoms with van der Waals surface area (Å²) in [5.41, 5.74) is -0.856. The highest BCUT2D eigenvalue weighted by Crippen LogP contribution is 2.30. The largest absolute Gasteiger partial charge is 0.310 e. The molecule has 0 aliphatic heterocycles. The van der Waals surface area contributed by atoms with E-state index in [9.17, 15) is 22.0 Å². The predicted molar refractivity (Wildman–Crippen MR) is 65.3 cm³/mol. The normalized spacial score (nSPS) is 12.2. The number of nitrogens with one attached hydrogen (secondary N) is 1. The van der Waals surface area contributed by atoms with Crippen molar-refractivity contribution < 1.29 is 22.0 Å². The third kappa shape index (κ3) is 3.28. The van der Waals surface area contributed by atoms with E-state index in [1.54, 1.807) is 0 Å². The van der Waals surface area contributed by atoms with Gasteiger partial charge in [0.15, 0.2) is 23.3 Å². The lowest BCUT2D eigenvalue weighted by Crippen LogP contribution is -2.25. The first-order valence-corrected chi connectivity index (χ1v) is 6.13. The van der Waals surface area contributed by atoms with Gasteiger partial charge in [-0.2, -0.15) is 0 Å². The van der Waals surface area contributed by atoms with Crippen molar-refractivity contribution in [3.05, 3.63) is 34.6 Å². The molecule has 1 aromatic rings. The van der Waals surface area contributed by atoms with Crippen molar-refractivity contribution >= 4 is 0 Å². The Morgan fingerprint density at radius 3 is 1.95 bits per heavy atom. The number of hydrogen-bond donors (Lipinski definition) is 1. The maximum atomic E-state index is 13.7. The molecule has 1 nitrogen and oxygen atoms in total. The van der Waals surface area contributed by atoms with Gasteiger partial charge in [0.25, 0.3) is 0 Å². The van der Waals surface area contributed by atoms with Gasteiger partial charge < -0.3 is 5.32 Å². The van der Waals surface area contributed by atoms with Gasteiger partial charge in [0, 0.05) is 18.0 Å². The van der Waals surface area contributed by atoms with Gasteiger partial charge in [0.1, 0.15) is 0 Å². The molecule has 0 bridgehead atoms. The van der Waals surface area contributed by atoms with E-state index in [0.29, 0.717) is 13.0 Å². The van der Waals surface area contributed by atoms with Crippen LogP contribution in [-0.2, 0) is 0 Å². The van der Waals surface area contributed by atoms with Crippen molar-refractivity contribution in [1.29, 1.82) is 0 Å². The van der Waals surface area contributed by atoms with E-state index in [1.165, 1.54) is 0 Å². The Hall–Kier alpha value is -1.61. The van der Waals surface area contributed by atoms with Crippen LogP contribution in [0.25, 0.3) is 0 Å². The van der Waals surface area contributed by atoms with Crippen LogP contribution < -0.4 is 5.32 Å². The average molecular weight is 291 g/mol. The number of terminal acetylenes is 1. The van der Waals surface area contributed by atoms with Gasteiger partial charge in [-0.25, -0.2) is 22.0 Å². The van der Waals surface area contributed by atoms with E-state index >= 15 is 0 Å². The molecule has 0 aromatic heterocycles. The Kier molecular flexibility index (Phi) is 5.96. The fourth-order valence-corrected chi connectivity index (χ4v) is 1.82. The smallest absolute Gasteiger partial charge is 0.200 e. The topological polar surface area (TPSA) is 12.0 Å². The number of rotatable bonds is 6. The Balaban J connectivity index is 3.28. The van der Waals surface area contributed by atoms with Gasteiger partial charge in [-0.3, -0.25) is 0 Å². The zero-order chi connectivity index (χ0) is 15.3. The van der Waals surface area contributed by atoms with Gasteiger partial charge in [-0.15, -0.1) is 12.3 Å². The summed E-state index contributed by atoms with van der Waals surface area (Å²) in [6.45, 7) is 2.18. The summed E-state index contributed by atoms with van der Waals surface area (Å²) < 4.78 is 66.7. The zero-order valence-electron chi connectivity index (χ0n) is 10.9. The molecule has 0 fully saturated rings. The minimum atomic E-state index is -2.16. The predicted octanol–water partition coefficient (Wildman–Crippen LogP) is 3.84. The SMILES string of the molecule is C#CCCC(NCCC)c1c(F)c(F)c(F)c(F)c1F. The molecule has 0 heterocycles. The van der Waals surface area contributed by atoms with Crippen LogP contribution in [0.2, 0.25) is 0 Å². The molecule has 0 amide bonds. The zero-order valence-corrected chi connectivity index (χ0v) is 10.9. The standard InChI is InChI=1S/C14H14F5N/c1-3-5-6-8(20-7-4-2)9-10(15)12(17)14(19)13(18)11(9)16/h1,8,20H,4-7H2,2H3. The molecule has 1 aromatic carbocycles. The molecule has 0 spiro atoms. The van der Waals surface area contributed by atoms with Crippen LogP contribution >= 0.6 is 0 Å². The highest BCUT2D eigenvalue weighted by Gasteiger charge is 2.29. The molecule has 6 heteroatoms. The molecule has 0 aliphatic carbocycles. The molecule has 20 heavy (non-hydrogen) atoms. The molecular weight excluding hydrogens is 277 g/mol. The lowest BCUT2D eigenvalue weighted by molar-refractivity contribution is 0.352. The molecule has 0 saturated carbocycles. The van der Waals surface area contributed by atoms with Crippen LogP contribution in [0.1, 0.15) is 37.8 Å². The second kappa shape index (κ2) is 7.25. The fraction of sp³-hybridized carbons (Fsp3) is 0.429. The summed E-state index contributed by atoms with van der Waals surface area (Å²) in [5, 5.41) is 2.74. The molecule has 0 saturated heterocycles. The number of benzene rings is 1. The van der Waals surface area contributed by atoms with Crippen molar-refractivity contribution in [3.63, 3.8) is 0 Å². The van der Waals surface area contributed by atoms with E-state index in [0.717, 1.165) is 0 Å². The minimum absolute atomic E-state index is 0.0782. The Morgan fingerprint density at radius 2 is 1.50 bits per heavy atom. The first-order valence-electron chi connectivity index (χ1n) is 6.13. The summed E-state index contributed by atoms with van der Waals surface area (Å²) in [5.74, 6) is -7.39. The van der Waals surface area contributed by atoms with E-state index in [4.69, 9.17) is 6.42 Å². The third-order valence-electron chi connectivity index (χ3n) is 2.81. The highest BCUT2D eigenvalue weighted by atomic mass is 19.2. The molecule has 0 radical (unpaired) electrons. The Bertz CT molecular complexity index is 492. The molecule has 1 atom stereocenters. The highest BCUT2D eigenvalue weighted by molar-refractivity contribution is 5.27. The van der Waals surface area contributed by atoms with Gasteiger partial charge in [-0.05, 0) is 19.4 Å². The number of hydrogen-bond acceptors (Lipinski definition) is 1. The molecule has 0 aliphatic rings. The first-order chi connectivity index (χ1) is 9.45. The van der Waals surface area contributed by atoms with Crippen LogP contribution in [0.3, 0.4) is 0 Å². The van der Waals surface area contributed by atoms with Crippen LogP contribution in [0.4, 0.5) is 22.0 Å². The van der Waals surface area contributed by atoms with Crippen LogP contribution in [0.15, 0.2) is 0 Å². The Morgan fingerprint density at radius 1 is 1.00 bits per heavy atom. The van der Waals surface area contributed by atoms with Gasteiger partial charge in [-0.1, -0.05) is 6.92 Å². The van der Waals surface area contributed by atoms with Crippen molar-refractivity contribution in [1.82, 2.24) is 5.32 Å². The van der Waals surface area contributed by atoms with Crippen molar-refractivity contribution in [3.8, 4) is 12.3 Å². The van der Waals surface area contributed by atoms with Crippen LogP contribution in [0, 0.1) is 41.4 Å². The fourth-order valence-electron chi connectivity index (χ4n) is 1.82. The van der Waals surface area contributed by atoms with Crippen LogP contribution in [0.5, 0.6) is 0 Å². The second-order valence-electron chi connectivity index (χ2n) is 4.23.